The number of ether oxygens (including phenoxy) is 1. The predicted octanol–water partition coefficient (Wildman–Crippen LogP) is 2.10. The molecule has 1 fully saturated rings. The molecule has 0 spiro atoms. The van der Waals surface area contributed by atoms with Gasteiger partial charge in [-0.2, -0.15) is 0 Å². The first-order valence-corrected chi connectivity index (χ1v) is 7.96. The fourth-order valence-electron chi connectivity index (χ4n) is 2.63. The maximum Gasteiger partial charge on any atom is 0.317 e. The molecule has 0 radical (unpaired) electrons. The third-order valence-corrected chi connectivity index (χ3v) is 3.91. The lowest BCUT2D eigenvalue weighted by molar-refractivity contribution is -0.143. The Morgan fingerprint density at radius 2 is 2.13 bits per heavy atom. The summed E-state index contributed by atoms with van der Waals surface area (Å²) >= 11 is 0. The summed E-state index contributed by atoms with van der Waals surface area (Å²) in [5.74, 6) is -1.29. The lowest BCUT2D eigenvalue weighted by Gasteiger charge is -2.31. The summed E-state index contributed by atoms with van der Waals surface area (Å²) in [5, 5.41) is 11.9. The molecule has 6 nitrogen and oxygen atoms in total. The van der Waals surface area contributed by atoms with Crippen LogP contribution < -0.4 is 5.32 Å². The Labute approximate surface area is 136 Å². The molecule has 2 atom stereocenters. The Hall–Kier alpha value is -2.08. The number of nitrogens with zero attached hydrogens (tertiary/aromatic N) is 1. The number of hydrogen-bond donors (Lipinski definition) is 2. The molecular weight excluding hydrogens is 296 g/mol. The van der Waals surface area contributed by atoms with Crippen molar-refractivity contribution in [3.05, 3.63) is 35.9 Å². The molecule has 2 N–H and O–H groups in total. The minimum absolute atomic E-state index is 0.128. The second-order valence-electron chi connectivity index (χ2n) is 5.97. The van der Waals surface area contributed by atoms with E-state index in [-0.39, 0.29) is 18.6 Å². The molecule has 0 aliphatic carbocycles. The highest BCUT2D eigenvalue weighted by Crippen LogP contribution is 2.16. The molecule has 0 saturated carbocycles. The van der Waals surface area contributed by atoms with E-state index in [1.807, 2.05) is 37.3 Å². The zero-order chi connectivity index (χ0) is 16.7. The molecule has 1 aliphatic heterocycles. The minimum Gasteiger partial charge on any atom is -0.481 e. The van der Waals surface area contributed by atoms with E-state index < -0.39 is 11.9 Å². The normalized spacial score (nSPS) is 19.2. The van der Waals surface area contributed by atoms with Gasteiger partial charge in [0.05, 0.1) is 25.2 Å². The molecule has 126 valence electrons. The van der Waals surface area contributed by atoms with Gasteiger partial charge in [-0.15, -0.1) is 0 Å². The molecule has 1 heterocycles. The lowest BCUT2D eigenvalue weighted by Crippen LogP contribution is -2.50. The summed E-state index contributed by atoms with van der Waals surface area (Å²) in [5.41, 5.74) is 1.09. The number of carbonyl (C=O) groups excluding carboxylic acids is 1. The van der Waals surface area contributed by atoms with Crippen LogP contribution in [0.15, 0.2) is 30.3 Å². The summed E-state index contributed by atoms with van der Waals surface area (Å²) in [7, 11) is 0. The Bertz CT molecular complexity index is 521. The number of carboxylic acids is 1. The summed E-state index contributed by atoms with van der Waals surface area (Å²) in [6, 6.07) is 9.50. The standard InChI is InChI=1S/C17H24N2O4/c1-13(11-23-12-14-6-3-2-4-7-14)18-17(22)19-9-5-8-15(10-19)16(20)21/h2-4,6-7,13,15H,5,8-12H2,1H3,(H,18,22)(H,20,21). The van der Waals surface area contributed by atoms with Crippen LogP contribution in [0.3, 0.4) is 0 Å². The number of urea groups is 1. The van der Waals surface area contributed by atoms with Crippen molar-refractivity contribution in [2.45, 2.75) is 32.4 Å². The van der Waals surface area contributed by atoms with Crippen molar-refractivity contribution in [3.63, 3.8) is 0 Å². The average molecular weight is 320 g/mol. The van der Waals surface area contributed by atoms with E-state index in [4.69, 9.17) is 9.84 Å². The summed E-state index contributed by atoms with van der Waals surface area (Å²) in [6.07, 6.45) is 1.36. The number of amides is 2. The van der Waals surface area contributed by atoms with Gasteiger partial charge >= 0.3 is 12.0 Å². The molecule has 6 heteroatoms. The van der Waals surface area contributed by atoms with Gasteiger partial charge in [-0.1, -0.05) is 30.3 Å². The van der Waals surface area contributed by atoms with Gasteiger partial charge in [0.1, 0.15) is 0 Å². The maximum absolute atomic E-state index is 12.2. The largest absolute Gasteiger partial charge is 0.481 e. The van der Waals surface area contributed by atoms with E-state index in [1.165, 1.54) is 0 Å². The van der Waals surface area contributed by atoms with Crippen LogP contribution in [-0.2, 0) is 16.1 Å². The number of rotatable bonds is 6. The van der Waals surface area contributed by atoms with Crippen molar-refractivity contribution in [2.75, 3.05) is 19.7 Å². The Morgan fingerprint density at radius 3 is 2.83 bits per heavy atom. The number of nitrogens with one attached hydrogen (secondary N) is 1. The van der Waals surface area contributed by atoms with Crippen LogP contribution in [-0.4, -0.2) is 47.7 Å². The van der Waals surface area contributed by atoms with Crippen molar-refractivity contribution in [1.82, 2.24) is 10.2 Å². The summed E-state index contributed by atoms with van der Waals surface area (Å²) in [4.78, 5) is 24.8. The van der Waals surface area contributed by atoms with Crippen LogP contribution in [0.2, 0.25) is 0 Å². The van der Waals surface area contributed by atoms with Crippen molar-refractivity contribution >= 4 is 12.0 Å². The number of likely N-dealkylation sites (tertiary alicyclic amines) is 1. The monoisotopic (exact) mass is 320 g/mol. The van der Waals surface area contributed by atoms with Crippen LogP contribution in [0.4, 0.5) is 4.79 Å². The molecule has 23 heavy (non-hydrogen) atoms. The predicted molar refractivity (Wildman–Crippen MR) is 86.0 cm³/mol. The molecular formula is C17H24N2O4. The molecule has 1 aromatic carbocycles. The van der Waals surface area contributed by atoms with Crippen molar-refractivity contribution in [2.24, 2.45) is 5.92 Å². The highest BCUT2D eigenvalue weighted by atomic mass is 16.5. The van der Waals surface area contributed by atoms with E-state index in [9.17, 15) is 9.59 Å². The molecule has 2 rings (SSSR count). The van der Waals surface area contributed by atoms with E-state index >= 15 is 0 Å². The number of aliphatic carboxylic acids is 1. The molecule has 0 aromatic heterocycles. The molecule has 0 bridgehead atoms. The van der Waals surface area contributed by atoms with Gasteiger partial charge < -0.3 is 20.1 Å². The first kappa shape index (κ1) is 17.3. The third-order valence-electron chi connectivity index (χ3n) is 3.91. The van der Waals surface area contributed by atoms with Crippen LogP contribution in [0.5, 0.6) is 0 Å². The van der Waals surface area contributed by atoms with Gasteiger partial charge in [-0.25, -0.2) is 4.79 Å². The van der Waals surface area contributed by atoms with Crippen molar-refractivity contribution in [1.29, 1.82) is 0 Å². The molecule has 1 saturated heterocycles. The lowest BCUT2D eigenvalue weighted by atomic mass is 9.99. The topological polar surface area (TPSA) is 78.9 Å². The quantitative estimate of drug-likeness (QED) is 0.841. The fraction of sp³-hybridized carbons (Fsp3) is 0.529. The maximum atomic E-state index is 12.2. The number of hydrogen-bond acceptors (Lipinski definition) is 3. The first-order valence-electron chi connectivity index (χ1n) is 7.96. The molecule has 2 unspecified atom stereocenters. The molecule has 2 amide bonds. The zero-order valence-corrected chi connectivity index (χ0v) is 13.4. The minimum atomic E-state index is -0.832. The summed E-state index contributed by atoms with van der Waals surface area (Å²) < 4.78 is 5.60. The second-order valence-corrected chi connectivity index (χ2v) is 5.97. The fourth-order valence-corrected chi connectivity index (χ4v) is 2.63. The van der Waals surface area contributed by atoms with Crippen LogP contribution in [0.1, 0.15) is 25.3 Å². The van der Waals surface area contributed by atoms with Gasteiger partial charge in [0.25, 0.3) is 0 Å². The van der Waals surface area contributed by atoms with E-state index in [1.54, 1.807) is 4.90 Å². The van der Waals surface area contributed by atoms with Gasteiger partial charge in [0.2, 0.25) is 0 Å². The Balaban J connectivity index is 1.70. The van der Waals surface area contributed by atoms with E-state index in [0.29, 0.717) is 26.2 Å². The second kappa shape index (κ2) is 8.53. The van der Waals surface area contributed by atoms with Crippen molar-refractivity contribution < 1.29 is 19.4 Å². The zero-order valence-electron chi connectivity index (χ0n) is 13.4. The highest BCUT2D eigenvalue weighted by molar-refractivity contribution is 5.76. The third kappa shape index (κ3) is 5.56. The van der Waals surface area contributed by atoms with E-state index in [2.05, 4.69) is 5.32 Å². The first-order chi connectivity index (χ1) is 11.1. The molecule has 1 aromatic rings. The molecule has 1 aliphatic rings. The van der Waals surface area contributed by atoms with Crippen molar-refractivity contribution in [3.8, 4) is 0 Å². The SMILES string of the molecule is CC(COCc1ccccc1)NC(=O)N1CCCC(C(=O)O)C1. The van der Waals surface area contributed by atoms with Crippen LogP contribution in [0.25, 0.3) is 0 Å². The van der Waals surface area contributed by atoms with Crippen LogP contribution in [0, 0.1) is 5.92 Å². The van der Waals surface area contributed by atoms with Gasteiger partial charge in [-0.3, -0.25) is 4.79 Å². The average Bonchev–Trinajstić information content (AvgIpc) is 2.56. The van der Waals surface area contributed by atoms with Gasteiger partial charge in [0, 0.05) is 13.1 Å². The highest BCUT2D eigenvalue weighted by Gasteiger charge is 2.28. The smallest absolute Gasteiger partial charge is 0.317 e. The number of piperidine rings is 1. The Kier molecular flexibility index (Phi) is 6.40. The number of carboxylic acid groups (broad SMARTS) is 1. The Morgan fingerprint density at radius 1 is 1.39 bits per heavy atom. The summed E-state index contributed by atoms with van der Waals surface area (Å²) in [6.45, 7) is 3.68. The van der Waals surface area contributed by atoms with Crippen LogP contribution >= 0.6 is 0 Å². The van der Waals surface area contributed by atoms with E-state index in [0.717, 1.165) is 12.0 Å². The van der Waals surface area contributed by atoms with Gasteiger partial charge in [0.15, 0.2) is 0 Å². The number of benzene rings is 1. The number of carbonyl (C=O) groups is 2. The van der Waals surface area contributed by atoms with Gasteiger partial charge in [-0.05, 0) is 25.3 Å².